The number of pyridine rings is 1. The van der Waals surface area contributed by atoms with Crippen LogP contribution >= 0.6 is 0 Å². The summed E-state index contributed by atoms with van der Waals surface area (Å²) in [4.78, 5) is 19.5. The Balaban J connectivity index is 1.73. The number of hydrogen-bond acceptors (Lipinski definition) is 4. The number of hydrogen-bond donors (Lipinski definition) is 0. The largest absolute Gasteiger partial charge is 0.433 e. The second kappa shape index (κ2) is 6.38. The number of rotatable bonds is 2. The highest BCUT2D eigenvalue weighted by Crippen LogP contribution is 2.30. The number of anilines is 1. The van der Waals surface area contributed by atoms with Gasteiger partial charge in [0.15, 0.2) is 0 Å². The Hall–Kier alpha value is -2.58. The minimum atomic E-state index is -4.47. The number of halogens is 3. The molecule has 6 nitrogen and oxygen atoms in total. The van der Waals surface area contributed by atoms with Gasteiger partial charge in [-0.25, -0.2) is 0 Å². The Bertz CT molecular complexity index is 773. The molecule has 0 aliphatic carbocycles. The lowest BCUT2D eigenvalue weighted by atomic mass is 10.1. The third-order valence-corrected chi connectivity index (χ3v) is 4.24. The number of piperazine rings is 1. The van der Waals surface area contributed by atoms with E-state index in [-0.39, 0.29) is 11.9 Å². The predicted molar refractivity (Wildman–Crippen MR) is 85.2 cm³/mol. The Morgan fingerprint density at radius 1 is 1.32 bits per heavy atom. The fraction of sp³-hybridized carbons (Fsp3) is 0.438. The lowest BCUT2D eigenvalue weighted by molar-refractivity contribution is -0.141. The lowest BCUT2D eigenvalue weighted by Gasteiger charge is -2.41. The van der Waals surface area contributed by atoms with Crippen LogP contribution in [0.1, 0.15) is 23.0 Å². The molecule has 3 rings (SSSR count). The summed E-state index contributed by atoms with van der Waals surface area (Å²) in [5.41, 5.74) is 0.0558. The molecule has 3 heterocycles. The van der Waals surface area contributed by atoms with Gasteiger partial charge in [0.05, 0.1) is 11.8 Å². The highest BCUT2D eigenvalue weighted by molar-refractivity contribution is 5.94. The van der Waals surface area contributed by atoms with E-state index >= 15 is 0 Å². The van der Waals surface area contributed by atoms with Gasteiger partial charge in [-0.2, -0.15) is 18.3 Å². The van der Waals surface area contributed by atoms with Gasteiger partial charge in [-0.3, -0.25) is 14.5 Å². The highest BCUT2D eigenvalue weighted by Gasteiger charge is 2.34. The first-order valence-corrected chi connectivity index (χ1v) is 7.83. The third-order valence-electron chi connectivity index (χ3n) is 4.24. The highest BCUT2D eigenvalue weighted by atomic mass is 19.4. The average Bonchev–Trinajstić information content (AvgIpc) is 3.00. The molecule has 25 heavy (non-hydrogen) atoms. The number of carbonyl (C=O) groups is 1. The second-order valence-electron chi connectivity index (χ2n) is 6.09. The molecular formula is C16H18F3N5O. The topological polar surface area (TPSA) is 54.3 Å². The van der Waals surface area contributed by atoms with Crippen LogP contribution in [-0.2, 0) is 13.2 Å². The zero-order valence-electron chi connectivity index (χ0n) is 13.9. The van der Waals surface area contributed by atoms with E-state index in [4.69, 9.17) is 0 Å². The summed E-state index contributed by atoms with van der Waals surface area (Å²) < 4.78 is 40.0. The van der Waals surface area contributed by atoms with E-state index in [1.165, 1.54) is 6.20 Å². The van der Waals surface area contributed by atoms with Crippen molar-refractivity contribution in [2.45, 2.75) is 19.1 Å². The van der Waals surface area contributed by atoms with Crippen molar-refractivity contribution < 1.29 is 18.0 Å². The van der Waals surface area contributed by atoms with E-state index in [0.717, 1.165) is 12.3 Å². The number of aryl methyl sites for hydroxylation is 1. The van der Waals surface area contributed by atoms with Crippen molar-refractivity contribution in [1.82, 2.24) is 19.7 Å². The van der Waals surface area contributed by atoms with E-state index in [9.17, 15) is 18.0 Å². The zero-order chi connectivity index (χ0) is 18.2. The van der Waals surface area contributed by atoms with Gasteiger partial charge in [-0.05, 0) is 19.1 Å². The Morgan fingerprint density at radius 2 is 2.08 bits per heavy atom. The maximum absolute atomic E-state index is 12.8. The van der Waals surface area contributed by atoms with E-state index in [1.54, 1.807) is 28.9 Å². The van der Waals surface area contributed by atoms with Gasteiger partial charge in [0, 0.05) is 50.8 Å². The maximum Gasteiger partial charge on any atom is 0.433 e. The van der Waals surface area contributed by atoms with Gasteiger partial charge in [-0.1, -0.05) is 0 Å². The van der Waals surface area contributed by atoms with Gasteiger partial charge in [-0.15, -0.1) is 0 Å². The van der Waals surface area contributed by atoms with Crippen molar-refractivity contribution in [2.75, 3.05) is 24.5 Å². The number of amides is 1. The molecule has 1 amide bonds. The zero-order valence-corrected chi connectivity index (χ0v) is 13.9. The maximum atomic E-state index is 12.8. The van der Waals surface area contributed by atoms with Crippen LogP contribution in [0.5, 0.6) is 0 Å². The van der Waals surface area contributed by atoms with Crippen molar-refractivity contribution in [3.05, 3.63) is 42.0 Å². The minimum Gasteiger partial charge on any atom is -0.368 e. The molecule has 0 aromatic carbocycles. The Morgan fingerprint density at radius 3 is 2.68 bits per heavy atom. The number of alkyl halides is 3. The molecule has 2 aromatic rings. The first-order valence-electron chi connectivity index (χ1n) is 7.83. The normalized spacial score (nSPS) is 18.5. The molecule has 1 atom stereocenters. The van der Waals surface area contributed by atoms with Crippen molar-refractivity contribution in [1.29, 1.82) is 0 Å². The fourth-order valence-corrected chi connectivity index (χ4v) is 2.96. The molecule has 0 N–H and O–H groups in total. The van der Waals surface area contributed by atoms with Crippen molar-refractivity contribution in [2.24, 2.45) is 7.05 Å². The van der Waals surface area contributed by atoms with Crippen molar-refractivity contribution in [3.63, 3.8) is 0 Å². The summed E-state index contributed by atoms with van der Waals surface area (Å²) in [5.74, 6) is -0.119. The van der Waals surface area contributed by atoms with Gasteiger partial charge < -0.3 is 9.80 Å². The monoisotopic (exact) mass is 353 g/mol. The smallest absolute Gasteiger partial charge is 0.368 e. The molecule has 1 unspecified atom stereocenters. The molecule has 1 saturated heterocycles. The molecule has 0 bridgehead atoms. The van der Waals surface area contributed by atoms with Gasteiger partial charge in [0.25, 0.3) is 5.91 Å². The molecular weight excluding hydrogens is 335 g/mol. The standard InChI is InChI=1S/C16H18F3N5O/c1-11-9-23(13-3-4-20-14(7-13)16(17,18)19)5-6-24(11)15(25)12-8-21-22(2)10-12/h3-4,7-8,10-11H,5-6,9H2,1-2H3. The SMILES string of the molecule is CC1CN(c2ccnc(C(F)(F)F)c2)CCN1C(=O)c1cnn(C)c1. The molecule has 0 radical (unpaired) electrons. The predicted octanol–water partition coefficient (Wildman–Crippen LogP) is 2.18. The molecule has 134 valence electrons. The molecule has 1 fully saturated rings. The van der Waals surface area contributed by atoms with Crippen molar-refractivity contribution in [3.8, 4) is 0 Å². The minimum absolute atomic E-state index is 0.119. The van der Waals surface area contributed by atoms with Crippen molar-refractivity contribution >= 4 is 11.6 Å². The van der Waals surface area contributed by atoms with Crippen LogP contribution in [0.25, 0.3) is 0 Å². The molecule has 0 spiro atoms. The van der Waals surface area contributed by atoms with E-state index in [2.05, 4.69) is 10.1 Å². The number of carbonyl (C=O) groups excluding carboxylic acids is 1. The van der Waals surface area contributed by atoms with Gasteiger partial charge in [0.1, 0.15) is 5.69 Å². The molecule has 9 heteroatoms. The van der Waals surface area contributed by atoms with Crippen LogP contribution in [0.3, 0.4) is 0 Å². The summed E-state index contributed by atoms with van der Waals surface area (Å²) in [6.07, 6.45) is -0.143. The summed E-state index contributed by atoms with van der Waals surface area (Å²) in [5, 5.41) is 4.00. The van der Waals surface area contributed by atoms with Crippen LogP contribution in [0, 0.1) is 0 Å². The lowest BCUT2D eigenvalue weighted by Crippen LogP contribution is -2.54. The Labute approximate surface area is 142 Å². The molecule has 2 aromatic heterocycles. The first-order chi connectivity index (χ1) is 11.8. The van der Waals surface area contributed by atoms with Crippen LogP contribution in [0.15, 0.2) is 30.7 Å². The quantitative estimate of drug-likeness (QED) is 0.831. The average molecular weight is 353 g/mol. The second-order valence-corrected chi connectivity index (χ2v) is 6.09. The summed E-state index contributed by atoms with van der Waals surface area (Å²) >= 11 is 0. The molecule has 0 saturated carbocycles. The molecule has 1 aliphatic heterocycles. The Kier molecular flexibility index (Phi) is 4.40. The van der Waals surface area contributed by atoms with Crippen LogP contribution in [-0.4, -0.2) is 51.2 Å². The summed E-state index contributed by atoms with van der Waals surface area (Å²) in [7, 11) is 1.74. The van der Waals surface area contributed by atoms with Gasteiger partial charge in [0.2, 0.25) is 0 Å². The first kappa shape index (κ1) is 17.2. The molecule has 1 aliphatic rings. The third kappa shape index (κ3) is 3.59. The van der Waals surface area contributed by atoms with E-state index in [0.29, 0.717) is 30.9 Å². The number of nitrogens with zero attached hydrogens (tertiary/aromatic N) is 5. The van der Waals surface area contributed by atoms with Crippen LogP contribution in [0.2, 0.25) is 0 Å². The van der Waals surface area contributed by atoms with E-state index < -0.39 is 11.9 Å². The fourth-order valence-electron chi connectivity index (χ4n) is 2.96. The summed E-state index contributed by atoms with van der Waals surface area (Å²) in [6, 6.07) is 2.47. The van der Waals surface area contributed by atoms with Gasteiger partial charge >= 0.3 is 6.18 Å². The van der Waals surface area contributed by atoms with Crippen LogP contribution in [0.4, 0.5) is 18.9 Å². The summed E-state index contributed by atoms with van der Waals surface area (Å²) in [6.45, 7) is 3.22. The van der Waals surface area contributed by atoms with Crippen LogP contribution < -0.4 is 4.90 Å². The number of aromatic nitrogens is 3. The van der Waals surface area contributed by atoms with E-state index in [1.807, 2.05) is 11.8 Å².